The number of benzene rings is 1. The Bertz CT molecular complexity index is 517. The Morgan fingerprint density at radius 3 is 2.71 bits per heavy atom. The molecule has 0 amide bonds. The van der Waals surface area contributed by atoms with E-state index >= 15 is 0 Å². The van der Waals surface area contributed by atoms with E-state index in [9.17, 15) is 5.11 Å². The maximum atomic E-state index is 10.3. The molecule has 17 heavy (non-hydrogen) atoms. The molecule has 0 radical (unpaired) electrons. The summed E-state index contributed by atoms with van der Waals surface area (Å²) in [6, 6.07) is 9.98. The first-order valence-electron chi connectivity index (χ1n) is 5.89. The van der Waals surface area contributed by atoms with Gasteiger partial charge in [-0.05, 0) is 30.5 Å². The van der Waals surface area contributed by atoms with Gasteiger partial charge in [0.2, 0.25) is 0 Å². The van der Waals surface area contributed by atoms with Gasteiger partial charge < -0.3 is 5.11 Å². The van der Waals surface area contributed by atoms with E-state index in [1.165, 1.54) is 5.56 Å². The summed E-state index contributed by atoms with van der Waals surface area (Å²) in [4.78, 5) is 0. The van der Waals surface area contributed by atoms with Crippen LogP contribution in [0.5, 0.6) is 0 Å². The summed E-state index contributed by atoms with van der Waals surface area (Å²) in [6.45, 7) is 4.04. The maximum absolute atomic E-state index is 10.3. The molecule has 0 saturated carbocycles. The van der Waals surface area contributed by atoms with Crippen LogP contribution in [0.15, 0.2) is 30.3 Å². The predicted molar refractivity (Wildman–Crippen MR) is 67.8 cm³/mol. The van der Waals surface area contributed by atoms with E-state index in [0.717, 1.165) is 23.4 Å². The van der Waals surface area contributed by atoms with Gasteiger partial charge >= 0.3 is 0 Å². The quantitative estimate of drug-likeness (QED) is 0.879. The van der Waals surface area contributed by atoms with Crippen LogP contribution in [0.4, 0.5) is 0 Å². The summed E-state index contributed by atoms with van der Waals surface area (Å²) >= 11 is 0. The summed E-state index contributed by atoms with van der Waals surface area (Å²) in [5, 5.41) is 14.6. The van der Waals surface area contributed by atoms with E-state index in [1.807, 2.05) is 38.2 Å². The van der Waals surface area contributed by atoms with Crippen LogP contribution in [0.1, 0.15) is 35.5 Å². The van der Waals surface area contributed by atoms with Gasteiger partial charge in [0.25, 0.3) is 0 Å². The molecule has 0 aliphatic heterocycles. The Morgan fingerprint density at radius 1 is 1.35 bits per heavy atom. The van der Waals surface area contributed by atoms with E-state index in [1.54, 1.807) is 4.68 Å². The third kappa shape index (κ3) is 2.39. The summed E-state index contributed by atoms with van der Waals surface area (Å²) in [5.74, 6) is 0. The molecule has 0 aliphatic carbocycles. The van der Waals surface area contributed by atoms with E-state index in [4.69, 9.17) is 0 Å². The number of aryl methyl sites for hydroxylation is 3. The predicted octanol–water partition coefficient (Wildman–Crippen LogP) is 2.37. The molecule has 0 aliphatic rings. The highest BCUT2D eigenvalue weighted by Gasteiger charge is 2.15. The first kappa shape index (κ1) is 11.9. The molecule has 1 heterocycles. The fourth-order valence-corrected chi connectivity index (χ4v) is 2.04. The lowest BCUT2D eigenvalue weighted by Gasteiger charge is -2.12. The standard InChI is InChI=1S/C14H18N2O/c1-4-11-6-5-7-12(9-11)14(17)13-8-10(2)15-16(13)3/h5-9,14,17H,4H2,1-3H3. The fraction of sp³-hybridized carbons (Fsp3) is 0.357. The van der Waals surface area contributed by atoms with E-state index in [0.29, 0.717) is 0 Å². The van der Waals surface area contributed by atoms with Gasteiger partial charge in [-0.3, -0.25) is 4.68 Å². The van der Waals surface area contributed by atoms with Crippen molar-refractivity contribution in [3.8, 4) is 0 Å². The van der Waals surface area contributed by atoms with Gasteiger partial charge in [-0.2, -0.15) is 5.10 Å². The van der Waals surface area contributed by atoms with Gasteiger partial charge in [0.1, 0.15) is 6.10 Å². The summed E-state index contributed by atoms with van der Waals surface area (Å²) in [5.41, 5.74) is 3.91. The van der Waals surface area contributed by atoms with Gasteiger partial charge in [0.15, 0.2) is 0 Å². The molecule has 1 N–H and O–H groups in total. The first-order valence-corrected chi connectivity index (χ1v) is 5.89. The van der Waals surface area contributed by atoms with Crippen molar-refractivity contribution in [3.63, 3.8) is 0 Å². The number of nitrogens with zero attached hydrogens (tertiary/aromatic N) is 2. The summed E-state index contributed by atoms with van der Waals surface area (Å²) in [6.07, 6.45) is 0.373. The van der Waals surface area contributed by atoms with Crippen LogP contribution in [0, 0.1) is 6.92 Å². The molecule has 0 spiro atoms. The summed E-state index contributed by atoms with van der Waals surface area (Å²) in [7, 11) is 1.86. The topological polar surface area (TPSA) is 38.1 Å². The highest BCUT2D eigenvalue weighted by atomic mass is 16.3. The molecule has 0 saturated heterocycles. The minimum atomic E-state index is -0.604. The Hall–Kier alpha value is -1.61. The second-order valence-electron chi connectivity index (χ2n) is 4.34. The SMILES string of the molecule is CCc1cccc(C(O)c2cc(C)nn2C)c1. The van der Waals surface area contributed by atoms with Crippen molar-refractivity contribution in [1.82, 2.24) is 9.78 Å². The molecule has 90 valence electrons. The third-order valence-corrected chi connectivity index (χ3v) is 2.99. The van der Waals surface area contributed by atoms with Crippen LogP contribution in [0.3, 0.4) is 0 Å². The Balaban J connectivity index is 2.36. The lowest BCUT2D eigenvalue weighted by molar-refractivity contribution is 0.209. The highest BCUT2D eigenvalue weighted by Crippen LogP contribution is 2.23. The zero-order valence-corrected chi connectivity index (χ0v) is 10.5. The zero-order valence-electron chi connectivity index (χ0n) is 10.5. The Morgan fingerprint density at radius 2 is 2.12 bits per heavy atom. The van der Waals surface area contributed by atoms with E-state index in [2.05, 4.69) is 18.1 Å². The monoisotopic (exact) mass is 230 g/mol. The molecule has 0 bridgehead atoms. The molecule has 1 unspecified atom stereocenters. The van der Waals surface area contributed by atoms with Crippen LogP contribution in [0.2, 0.25) is 0 Å². The first-order chi connectivity index (χ1) is 8.11. The largest absolute Gasteiger partial charge is 0.382 e. The van der Waals surface area contributed by atoms with Crippen LogP contribution in [-0.4, -0.2) is 14.9 Å². The number of hydrogen-bond acceptors (Lipinski definition) is 2. The molecule has 2 rings (SSSR count). The average molecular weight is 230 g/mol. The van der Waals surface area contributed by atoms with Crippen molar-refractivity contribution in [3.05, 3.63) is 52.8 Å². The van der Waals surface area contributed by atoms with Crippen LogP contribution >= 0.6 is 0 Å². The van der Waals surface area contributed by atoms with Crippen molar-refractivity contribution in [2.45, 2.75) is 26.4 Å². The van der Waals surface area contributed by atoms with Gasteiger partial charge in [-0.1, -0.05) is 31.2 Å². The summed E-state index contributed by atoms with van der Waals surface area (Å²) < 4.78 is 1.73. The van der Waals surface area contributed by atoms with Crippen LogP contribution in [-0.2, 0) is 13.5 Å². The van der Waals surface area contributed by atoms with Crippen molar-refractivity contribution in [2.24, 2.45) is 7.05 Å². The molecular formula is C14H18N2O. The highest BCUT2D eigenvalue weighted by molar-refractivity contribution is 5.30. The molecule has 1 atom stereocenters. The molecule has 3 nitrogen and oxygen atoms in total. The third-order valence-electron chi connectivity index (χ3n) is 2.99. The van der Waals surface area contributed by atoms with E-state index in [-0.39, 0.29) is 0 Å². The van der Waals surface area contributed by atoms with Crippen molar-refractivity contribution < 1.29 is 5.11 Å². The van der Waals surface area contributed by atoms with E-state index < -0.39 is 6.10 Å². The molecule has 2 aromatic rings. The minimum Gasteiger partial charge on any atom is -0.382 e. The lowest BCUT2D eigenvalue weighted by atomic mass is 10.0. The number of aliphatic hydroxyl groups is 1. The molecule has 1 aromatic carbocycles. The Labute approximate surface area is 102 Å². The lowest BCUT2D eigenvalue weighted by Crippen LogP contribution is -2.06. The minimum absolute atomic E-state index is 0.604. The maximum Gasteiger partial charge on any atom is 0.121 e. The van der Waals surface area contributed by atoms with Gasteiger partial charge in [-0.15, -0.1) is 0 Å². The molecule has 0 fully saturated rings. The fourth-order valence-electron chi connectivity index (χ4n) is 2.04. The van der Waals surface area contributed by atoms with Gasteiger partial charge in [0, 0.05) is 7.05 Å². The second kappa shape index (κ2) is 4.72. The normalized spacial score (nSPS) is 12.7. The van der Waals surface area contributed by atoms with Crippen molar-refractivity contribution in [1.29, 1.82) is 0 Å². The number of rotatable bonds is 3. The molecule has 3 heteroatoms. The molecular weight excluding hydrogens is 212 g/mol. The second-order valence-corrected chi connectivity index (χ2v) is 4.34. The molecule has 1 aromatic heterocycles. The smallest absolute Gasteiger partial charge is 0.121 e. The number of hydrogen-bond donors (Lipinski definition) is 1. The zero-order chi connectivity index (χ0) is 12.4. The van der Waals surface area contributed by atoms with Crippen molar-refractivity contribution >= 4 is 0 Å². The van der Waals surface area contributed by atoms with Gasteiger partial charge in [-0.25, -0.2) is 0 Å². The number of aromatic nitrogens is 2. The van der Waals surface area contributed by atoms with Crippen LogP contribution < -0.4 is 0 Å². The van der Waals surface area contributed by atoms with Crippen molar-refractivity contribution in [2.75, 3.05) is 0 Å². The average Bonchev–Trinajstić information content (AvgIpc) is 2.67. The number of aliphatic hydroxyl groups excluding tert-OH is 1. The Kier molecular flexibility index (Phi) is 3.29. The van der Waals surface area contributed by atoms with Crippen LogP contribution in [0.25, 0.3) is 0 Å². The van der Waals surface area contributed by atoms with Gasteiger partial charge in [0.05, 0.1) is 11.4 Å².